The summed E-state index contributed by atoms with van der Waals surface area (Å²) in [6.07, 6.45) is 3.72. The third-order valence-corrected chi connectivity index (χ3v) is 4.33. The predicted octanol–water partition coefficient (Wildman–Crippen LogP) is 3.00. The second kappa shape index (κ2) is 7.08. The first-order valence-electron chi connectivity index (χ1n) is 8.10. The van der Waals surface area contributed by atoms with Crippen molar-refractivity contribution in [3.8, 4) is 0 Å². The fourth-order valence-corrected chi connectivity index (χ4v) is 2.96. The Morgan fingerprint density at radius 2 is 2.05 bits per heavy atom. The Balaban J connectivity index is 2.00. The number of nitrogens with one attached hydrogen (secondary N) is 1. The highest BCUT2D eigenvalue weighted by molar-refractivity contribution is 5.77. The van der Waals surface area contributed by atoms with Gasteiger partial charge in [-0.3, -0.25) is 4.79 Å². The topological polar surface area (TPSA) is 32.3 Å². The van der Waals surface area contributed by atoms with E-state index >= 15 is 0 Å². The molecule has 1 aromatic rings. The minimum Gasteiger partial charge on any atom is -0.335 e. The molecule has 0 radical (unpaired) electrons. The number of benzene rings is 1. The molecule has 0 spiro atoms. The van der Waals surface area contributed by atoms with Crippen LogP contribution in [0.5, 0.6) is 0 Å². The van der Waals surface area contributed by atoms with Crippen LogP contribution in [0.3, 0.4) is 0 Å². The van der Waals surface area contributed by atoms with Gasteiger partial charge < -0.3 is 10.2 Å². The summed E-state index contributed by atoms with van der Waals surface area (Å²) in [5, 5.41) is 3.60. The van der Waals surface area contributed by atoms with Gasteiger partial charge in [-0.05, 0) is 32.3 Å². The van der Waals surface area contributed by atoms with Gasteiger partial charge >= 0.3 is 0 Å². The van der Waals surface area contributed by atoms with Gasteiger partial charge in [-0.25, -0.2) is 0 Å². The van der Waals surface area contributed by atoms with Gasteiger partial charge in [0.05, 0.1) is 0 Å². The van der Waals surface area contributed by atoms with Crippen molar-refractivity contribution < 1.29 is 4.79 Å². The van der Waals surface area contributed by atoms with E-state index in [9.17, 15) is 4.79 Å². The maximum Gasteiger partial charge on any atom is 0.223 e. The summed E-state index contributed by atoms with van der Waals surface area (Å²) in [5.74, 6) is 0.307. The Labute approximate surface area is 128 Å². The lowest BCUT2D eigenvalue weighted by molar-refractivity contribution is -0.138. The van der Waals surface area contributed by atoms with Gasteiger partial charge in [-0.1, -0.05) is 43.7 Å². The molecule has 1 aromatic carbocycles. The number of amides is 1. The zero-order valence-electron chi connectivity index (χ0n) is 13.6. The number of unbranched alkanes of at least 4 members (excludes halogenated alkanes) is 1. The van der Waals surface area contributed by atoms with Crippen molar-refractivity contribution in [3.05, 3.63) is 35.9 Å². The van der Waals surface area contributed by atoms with Crippen LogP contribution in [0.25, 0.3) is 0 Å². The molecule has 1 fully saturated rings. The van der Waals surface area contributed by atoms with Crippen LogP contribution in [0.15, 0.2) is 30.3 Å². The molecule has 1 atom stereocenters. The monoisotopic (exact) mass is 288 g/mol. The molecule has 1 unspecified atom stereocenters. The summed E-state index contributed by atoms with van der Waals surface area (Å²) in [7, 11) is 0. The summed E-state index contributed by atoms with van der Waals surface area (Å²) in [5.41, 5.74) is 1.24. The average molecular weight is 288 g/mol. The van der Waals surface area contributed by atoms with Crippen LogP contribution in [0.1, 0.15) is 45.6 Å². The molecule has 1 aliphatic rings. The Kier molecular flexibility index (Phi) is 5.40. The molecule has 3 heteroatoms. The van der Waals surface area contributed by atoms with Crippen LogP contribution in [0.4, 0.5) is 0 Å². The van der Waals surface area contributed by atoms with Crippen molar-refractivity contribution in [2.24, 2.45) is 0 Å². The highest BCUT2D eigenvalue weighted by Crippen LogP contribution is 2.21. The van der Waals surface area contributed by atoms with Crippen molar-refractivity contribution >= 4 is 5.91 Å². The van der Waals surface area contributed by atoms with E-state index in [2.05, 4.69) is 55.3 Å². The molecule has 1 saturated heterocycles. The van der Waals surface area contributed by atoms with Crippen molar-refractivity contribution in [2.45, 2.75) is 58.0 Å². The number of hydrogen-bond donors (Lipinski definition) is 1. The van der Waals surface area contributed by atoms with Gasteiger partial charge in [0.15, 0.2) is 0 Å². The second-order valence-corrected chi connectivity index (χ2v) is 6.69. The molecule has 0 saturated carbocycles. The van der Waals surface area contributed by atoms with E-state index < -0.39 is 0 Å². The predicted molar refractivity (Wildman–Crippen MR) is 87.3 cm³/mol. The Morgan fingerprint density at radius 1 is 1.33 bits per heavy atom. The second-order valence-electron chi connectivity index (χ2n) is 6.69. The lowest BCUT2D eigenvalue weighted by Crippen LogP contribution is -2.64. The van der Waals surface area contributed by atoms with E-state index in [0.717, 1.165) is 32.4 Å². The van der Waals surface area contributed by atoms with Gasteiger partial charge in [0.2, 0.25) is 5.91 Å². The fourth-order valence-electron chi connectivity index (χ4n) is 2.96. The highest BCUT2D eigenvalue weighted by atomic mass is 16.2. The molecule has 1 N–H and O–H groups in total. The molecule has 21 heavy (non-hydrogen) atoms. The fraction of sp³-hybridized carbons (Fsp3) is 0.611. The average Bonchev–Trinajstić information content (AvgIpc) is 2.47. The largest absolute Gasteiger partial charge is 0.335 e. The standard InChI is InChI=1S/C18H28N2O/c1-4-5-11-17(21)20-13-16(19-14-18(20,2)3)12-15-9-7-6-8-10-15/h6-10,16,19H,4-5,11-14H2,1-3H3. The zero-order valence-corrected chi connectivity index (χ0v) is 13.6. The molecule has 1 amide bonds. The summed E-state index contributed by atoms with van der Waals surface area (Å²) < 4.78 is 0. The molecule has 1 heterocycles. The molecule has 0 bridgehead atoms. The van der Waals surface area contributed by atoms with E-state index in [0.29, 0.717) is 18.4 Å². The Bertz CT molecular complexity index is 456. The number of hydrogen-bond acceptors (Lipinski definition) is 2. The van der Waals surface area contributed by atoms with E-state index in [1.807, 2.05) is 6.07 Å². The van der Waals surface area contributed by atoms with Gasteiger partial charge in [0.1, 0.15) is 0 Å². The van der Waals surface area contributed by atoms with Crippen molar-refractivity contribution in [3.63, 3.8) is 0 Å². The van der Waals surface area contributed by atoms with Crippen molar-refractivity contribution in [1.29, 1.82) is 0 Å². The minimum absolute atomic E-state index is 0.0853. The number of nitrogens with zero attached hydrogens (tertiary/aromatic N) is 1. The zero-order chi connectivity index (χ0) is 15.3. The third kappa shape index (κ3) is 4.31. The third-order valence-electron chi connectivity index (χ3n) is 4.33. The molecule has 0 aromatic heterocycles. The SMILES string of the molecule is CCCCC(=O)N1CC(Cc2ccccc2)NCC1(C)C. The molecule has 0 aliphatic carbocycles. The highest BCUT2D eigenvalue weighted by Gasteiger charge is 2.36. The number of carbonyl (C=O) groups is 1. The summed E-state index contributed by atoms with van der Waals surface area (Å²) in [6, 6.07) is 10.9. The maximum atomic E-state index is 12.5. The van der Waals surface area contributed by atoms with Gasteiger partial charge in [-0.15, -0.1) is 0 Å². The van der Waals surface area contributed by atoms with Crippen LogP contribution in [0, 0.1) is 0 Å². The van der Waals surface area contributed by atoms with Crippen LogP contribution in [0.2, 0.25) is 0 Å². The van der Waals surface area contributed by atoms with Crippen LogP contribution >= 0.6 is 0 Å². The van der Waals surface area contributed by atoms with Crippen molar-refractivity contribution in [1.82, 2.24) is 10.2 Å². The summed E-state index contributed by atoms with van der Waals surface area (Å²) in [4.78, 5) is 14.6. The normalized spacial score (nSPS) is 21.3. The van der Waals surface area contributed by atoms with Crippen molar-refractivity contribution in [2.75, 3.05) is 13.1 Å². The Morgan fingerprint density at radius 3 is 2.71 bits per heavy atom. The first kappa shape index (κ1) is 16.0. The van der Waals surface area contributed by atoms with Gasteiger partial charge in [-0.2, -0.15) is 0 Å². The van der Waals surface area contributed by atoms with E-state index in [-0.39, 0.29) is 5.54 Å². The summed E-state index contributed by atoms with van der Waals surface area (Å²) in [6.45, 7) is 8.12. The smallest absolute Gasteiger partial charge is 0.223 e. The lowest BCUT2D eigenvalue weighted by Gasteiger charge is -2.46. The minimum atomic E-state index is -0.0853. The van der Waals surface area contributed by atoms with Gasteiger partial charge in [0.25, 0.3) is 0 Å². The molecule has 3 nitrogen and oxygen atoms in total. The maximum absolute atomic E-state index is 12.5. The molecular formula is C18H28N2O. The van der Waals surface area contributed by atoms with E-state index in [4.69, 9.17) is 0 Å². The van der Waals surface area contributed by atoms with Crippen LogP contribution in [-0.2, 0) is 11.2 Å². The van der Waals surface area contributed by atoms with E-state index in [1.54, 1.807) is 0 Å². The quantitative estimate of drug-likeness (QED) is 0.903. The van der Waals surface area contributed by atoms with Crippen LogP contribution in [-0.4, -0.2) is 35.5 Å². The van der Waals surface area contributed by atoms with Gasteiger partial charge in [0, 0.05) is 31.1 Å². The lowest BCUT2D eigenvalue weighted by atomic mass is 9.94. The van der Waals surface area contributed by atoms with Crippen LogP contribution < -0.4 is 5.32 Å². The first-order chi connectivity index (χ1) is 10.0. The summed E-state index contributed by atoms with van der Waals surface area (Å²) >= 11 is 0. The Hall–Kier alpha value is -1.35. The molecule has 1 aliphatic heterocycles. The number of piperazine rings is 1. The first-order valence-corrected chi connectivity index (χ1v) is 8.10. The number of rotatable bonds is 5. The number of carbonyl (C=O) groups excluding carboxylic acids is 1. The molecular weight excluding hydrogens is 260 g/mol. The van der Waals surface area contributed by atoms with E-state index in [1.165, 1.54) is 5.56 Å². The molecule has 116 valence electrons. The molecule has 2 rings (SSSR count).